The van der Waals surface area contributed by atoms with E-state index in [4.69, 9.17) is 0 Å². The molecule has 0 aromatic carbocycles. The van der Waals surface area contributed by atoms with E-state index >= 15 is 0 Å². The highest BCUT2D eigenvalue weighted by Crippen LogP contribution is 2.30. The molecule has 0 atom stereocenters. The Morgan fingerprint density at radius 1 is 1.46 bits per heavy atom. The third-order valence-corrected chi connectivity index (χ3v) is 2.71. The molecule has 0 bridgehead atoms. The fourth-order valence-electron chi connectivity index (χ4n) is 1.58. The summed E-state index contributed by atoms with van der Waals surface area (Å²) >= 11 is 0. The Bertz CT molecular complexity index is 313. The van der Waals surface area contributed by atoms with E-state index in [-0.39, 0.29) is 11.4 Å². The van der Waals surface area contributed by atoms with Gasteiger partial charge in [0.25, 0.3) is 0 Å². The predicted molar refractivity (Wildman–Crippen MR) is 51.2 cm³/mol. The molecule has 0 N–H and O–H groups in total. The van der Waals surface area contributed by atoms with Crippen molar-refractivity contribution in [2.75, 3.05) is 0 Å². The number of nitrogens with zero attached hydrogens (tertiary/aromatic N) is 2. The van der Waals surface area contributed by atoms with Crippen molar-refractivity contribution in [1.29, 1.82) is 0 Å². The molecule has 1 heterocycles. The fourth-order valence-corrected chi connectivity index (χ4v) is 1.58. The maximum atomic E-state index is 13.6. The van der Waals surface area contributed by atoms with Crippen LogP contribution in [-0.2, 0) is 12.5 Å². The van der Waals surface area contributed by atoms with Gasteiger partial charge in [0.1, 0.15) is 0 Å². The molecule has 0 unspecified atom stereocenters. The summed E-state index contributed by atoms with van der Waals surface area (Å²) in [4.78, 5) is 0. The van der Waals surface area contributed by atoms with Crippen molar-refractivity contribution in [1.82, 2.24) is 9.78 Å². The molecule has 1 aromatic heterocycles. The number of hydrogen-bond donors (Lipinski definition) is 0. The van der Waals surface area contributed by atoms with Crippen LogP contribution in [0.1, 0.15) is 38.4 Å². The highest BCUT2D eigenvalue weighted by atomic mass is 19.1. The van der Waals surface area contributed by atoms with Crippen LogP contribution >= 0.6 is 0 Å². The van der Waals surface area contributed by atoms with Gasteiger partial charge in [-0.15, -0.1) is 0 Å². The second-order valence-electron chi connectivity index (χ2n) is 4.11. The Kier molecular flexibility index (Phi) is 2.46. The van der Waals surface area contributed by atoms with Crippen LogP contribution in [-0.4, -0.2) is 9.78 Å². The maximum absolute atomic E-state index is 13.6. The summed E-state index contributed by atoms with van der Waals surface area (Å²) < 4.78 is 14.9. The van der Waals surface area contributed by atoms with Gasteiger partial charge in [0.2, 0.25) is 5.95 Å². The molecule has 0 saturated carbocycles. The monoisotopic (exact) mass is 184 g/mol. The first-order valence-corrected chi connectivity index (χ1v) is 4.59. The summed E-state index contributed by atoms with van der Waals surface area (Å²) in [6.45, 7) is 8.00. The van der Waals surface area contributed by atoms with Crippen molar-refractivity contribution in [3.8, 4) is 0 Å². The molecule has 13 heavy (non-hydrogen) atoms. The van der Waals surface area contributed by atoms with E-state index in [1.807, 2.05) is 20.8 Å². The first-order valence-electron chi connectivity index (χ1n) is 4.59. The molecule has 1 aromatic rings. The zero-order chi connectivity index (χ0) is 10.2. The van der Waals surface area contributed by atoms with Gasteiger partial charge in [0.05, 0.1) is 5.69 Å². The van der Waals surface area contributed by atoms with E-state index in [2.05, 4.69) is 12.0 Å². The number of rotatable bonds is 2. The average Bonchev–Trinajstić information content (AvgIpc) is 2.27. The number of halogens is 1. The summed E-state index contributed by atoms with van der Waals surface area (Å²) in [6.07, 6.45) is 0.913. The lowest BCUT2D eigenvalue weighted by Gasteiger charge is -2.21. The minimum Gasteiger partial charge on any atom is -0.242 e. The van der Waals surface area contributed by atoms with E-state index in [0.717, 1.165) is 17.7 Å². The standard InChI is InChI=1S/C10H17FN2/c1-6-10(3,4)8-7(2)12-13(5)9(8)11/h6H2,1-5H3. The topological polar surface area (TPSA) is 17.8 Å². The van der Waals surface area contributed by atoms with Crippen LogP contribution in [0, 0.1) is 12.9 Å². The fraction of sp³-hybridized carbons (Fsp3) is 0.700. The Hall–Kier alpha value is -0.860. The minimum atomic E-state index is -0.204. The lowest BCUT2D eigenvalue weighted by atomic mass is 9.82. The maximum Gasteiger partial charge on any atom is 0.215 e. The summed E-state index contributed by atoms with van der Waals surface area (Å²) in [7, 11) is 1.64. The normalized spacial score (nSPS) is 12.2. The Morgan fingerprint density at radius 2 is 2.00 bits per heavy atom. The van der Waals surface area contributed by atoms with Crippen molar-refractivity contribution >= 4 is 0 Å². The van der Waals surface area contributed by atoms with Gasteiger partial charge in [-0.1, -0.05) is 20.8 Å². The quantitative estimate of drug-likeness (QED) is 0.690. The van der Waals surface area contributed by atoms with Gasteiger partial charge in [-0.05, 0) is 18.8 Å². The molecule has 0 aliphatic carbocycles. The summed E-state index contributed by atoms with van der Waals surface area (Å²) in [5, 5.41) is 4.07. The van der Waals surface area contributed by atoms with Crippen LogP contribution in [0.3, 0.4) is 0 Å². The van der Waals surface area contributed by atoms with Gasteiger partial charge in [-0.25, -0.2) is 4.68 Å². The Balaban J connectivity index is 3.28. The molecule has 0 fully saturated rings. The predicted octanol–water partition coefficient (Wildman–Crippen LogP) is 2.56. The third kappa shape index (κ3) is 1.60. The number of hydrogen-bond acceptors (Lipinski definition) is 1. The Morgan fingerprint density at radius 3 is 2.31 bits per heavy atom. The molecule has 2 nitrogen and oxygen atoms in total. The second-order valence-corrected chi connectivity index (χ2v) is 4.11. The van der Waals surface area contributed by atoms with Gasteiger partial charge in [-0.3, -0.25) is 0 Å². The van der Waals surface area contributed by atoms with Gasteiger partial charge in [-0.2, -0.15) is 9.49 Å². The van der Waals surface area contributed by atoms with Gasteiger partial charge >= 0.3 is 0 Å². The molecule has 74 valence electrons. The van der Waals surface area contributed by atoms with Crippen LogP contribution in [0.5, 0.6) is 0 Å². The molecular weight excluding hydrogens is 167 g/mol. The van der Waals surface area contributed by atoms with Gasteiger partial charge < -0.3 is 0 Å². The molecule has 0 aliphatic rings. The zero-order valence-corrected chi connectivity index (χ0v) is 8.98. The van der Waals surface area contributed by atoms with Crippen LogP contribution in [0.25, 0.3) is 0 Å². The molecule has 1 rings (SSSR count). The molecule has 0 spiro atoms. The second kappa shape index (κ2) is 3.13. The molecule has 0 aliphatic heterocycles. The number of aromatic nitrogens is 2. The van der Waals surface area contributed by atoms with Crippen LogP contribution in [0.2, 0.25) is 0 Å². The van der Waals surface area contributed by atoms with E-state index in [1.54, 1.807) is 7.05 Å². The molecule has 3 heteroatoms. The zero-order valence-electron chi connectivity index (χ0n) is 8.98. The molecule has 0 saturated heterocycles. The van der Waals surface area contributed by atoms with Crippen molar-refractivity contribution in [3.05, 3.63) is 17.2 Å². The van der Waals surface area contributed by atoms with Crippen molar-refractivity contribution in [2.24, 2.45) is 7.05 Å². The van der Waals surface area contributed by atoms with E-state index in [1.165, 1.54) is 4.68 Å². The van der Waals surface area contributed by atoms with Gasteiger partial charge in [0.15, 0.2) is 0 Å². The average molecular weight is 184 g/mol. The first-order chi connectivity index (χ1) is 5.90. The smallest absolute Gasteiger partial charge is 0.215 e. The lowest BCUT2D eigenvalue weighted by molar-refractivity contribution is 0.438. The summed E-state index contributed by atoms with van der Waals surface area (Å²) in [5.74, 6) is -0.204. The van der Waals surface area contributed by atoms with Crippen molar-refractivity contribution in [3.63, 3.8) is 0 Å². The van der Waals surface area contributed by atoms with Crippen molar-refractivity contribution in [2.45, 2.75) is 39.5 Å². The largest absolute Gasteiger partial charge is 0.242 e. The van der Waals surface area contributed by atoms with Crippen LogP contribution < -0.4 is 0 Å². The molecule has 0 amide bonds. The molecular formula is C10H17FN2. The summed E-state index contributed by atoms with van der Waals surface area (Å²) in [6, 6.07) is 0. The first kappa shape index (κ1) is 10.2. The van der Waals surface area contributed by atoms with E-state index < -0.39 is 0 Å². The van der Waals surface area contributed by atoms with Crippen molar-refractivity contribution < 1.29 is 4.39 Å². The Labute approximate surface area is 78.8 Å². The minimum absolute atomic E-state index is 0.123. The molecule has 0 radical (unpaired) electrons. The lowest BCUT2D eigenvalue weighted by Crippen LogP contribution is -2.18. The van der Waals surface area contributed by atoms with Crippen LogP contribution in [0.15, 0.2) is 0 Å². The number of aryl methyl sites for hydroxylation is 2. The summed E-state index contributed by atoms with van der Waals surface area (Å²) in [5.41, 5.74) is 1.42. The van der Waals surface area contributed by atoms with E-state index in [0.29, 0.717) is 0 Å². The third-order valence-electron chi connectivity index (χ3n) is 2.71. The van der Waals surface area contributed by atoms with E-state index in [9.17, 15) is 4.39 Å². The SMILES string of the molecule is CCC(C)(C)c1c(C)nn(C)c1F. The highest BCUT2D eigenvalue weighted by molar-refractivity contribution is 5.26. The highest BCUT2D eigenvalue weighted by Gasteiger charge is 2.27. The van der Waals surface area contributed by atoms with Gasteiger partial charge in [0, 0.05) is 12.6 Å². The van der Waals surface area contributed by atoms with Crippen LogP contribution in [0.4, 0.5) is 4.39 Å².